The number of ketones is 1. The van der Waals surface area contributed by atoms with E-state index in [0.29, 0.717) is 23.5 Å². The third-order valence-corrected chi connectivity index (χ3v) is 3.40. The van der Waals surface area contributed by atoms with E-state index >= 15 is 0 Å². The van der Waals surface area contributed by atoms with Crippen molar-refractivity contribution in [3.63, 3.8) is 0 Å². The van der Waals surface area contributed by atoms with E-state index in [1.165, 1.54) is 6.07 Å². The van der Waals surface area contributed by atoms with Gasteiger partial charge in [-0.1, -0.05) is 24.3 Å². The predicted molar refractivity (Wildman–Crippen MR) is 70.2 cm³/mol. The summed E-state index contributed by atoms with van der Waals surface area (Å²) < 4.78 is 19.5. The smallest absolute Gasteiger partial charge is 0.199 e. The highest BCUT2D eigenvalue weighted by Gasteiger charge is 2.23. The van der Waals surface area contributed by atoms with Crippen LogP contribution in [0.25, 0.3) is 0 Å². The van der Waals surface area contributed by atoms with E-state index in [1.54, 1.807) is 25.1 Å². The average Bonchev–Trinajstić information content (AvgIpc) is 2.89. The summed E-state index contributed by atoms with van der Waals surface area (Å²) in [5, 5.41) is 0. The van der Waals surface area contributed by atoms with Crippen molar-refractivity contribution in [3.8, 4) is 5.75 Å². The second-order valence-corrected chi connectivity index (χ2v) is 4.66. The summed E-state index contributed by atoms with van der Waals surface area (Å²) in [6.07, 6.45) is 0.798. The maximum Gasteiger partial charge on any atom is 0.199 e. The molecule has 0 spiro atoms. The van der Waals surface area contributed by atoms with Crippen molar-refractivity contribution in [1.82, 2.24) is 0 Å². The van der Waals surface area contributed by atoms with Crippen LogP contribution in [0, 0.1) is 12.7 Å². The number of ether oxygens (including phenoxy) is 1. The molecular formula is C16H13FO2. The number of carbonyl (C=O) groups is 1. The summed E-state index contributed by atoms with van der Waals surface area (Å²) in [6.45, 7) is 2.23. The van der Waals surface area contributed by atoms with Gasteiger partial charge in [0.15, 0.2) is 5.78 Å². The lowest BCUT2D eigenvalue weighted by Crippen LogP contribution is -2.07. The Hall–Kier alpha value is -2.16. The number of rotatable bonds is 2. The van der Waals surface area contributed by atoms with Crippen LogP contribution in [-0.4, -0.2) is 12.4 Å². The molecule has 1 aliphatic heterocycles. The molecule has 0 aliphatic carbocycles. The quantitative estimate of drug-likeness (QED) is 0.771. The van der Waals surface area contributed by atoms with E-state index < -0.39 is 5.82 Å². The van der Waals surface area contributed by atoms with Gasteiger partial charge in [-0.2, -0.15) is 0 Å². The third kappa shape index (κ3) is 1.91. The maximum atomic E-state index is 14.0. The fourth-order valence-electron chi connectivity index (χ4n) is 2.36. The highest BCUT2D eigenvalue weighted by molar-refractivity contribution is 6.11. The minimum atomic E-state index is -0.455. The molecule has 0 unspecified atom stereocenters. The zero-order valence-corrected chi connectivity index (χ0v) is 10.6. The summed E-state index contributed by atoms with van der Waals surface area (Å²) in [6, 6.07) is 10.3. The Morgan fingerprint density at radius 2 is 1.89 bits per heavy atom. The fraction of sp³-hybridized carbons (Fsp3) is 0.188. The van der Waals surface area contributed by atoms with Crippen molar-refractivity contribution in [2.24, 2.45) is 0 Å². The molecule has 0 bridgehead atoms. The minimum Gasteiger partial charge on any atom is -0.492 e. The van der Waals surface area contributed by atoms with Gasteiger partial charge < -0.3 is 4.74 Å². The van der Waals surface area contributed by atoms with Crippen LogP contribution in [0.1, 0.15) is 27.0 Å². The Balaban J connectivity index is 2.11. The summed E-state index contributed by atoms with van der Waals surface area (Å²) in [5.74, 6) is -0.170. The van der Waals surface area contributed by atoms with E-state index in [9.17, 15) is 9.18 Å². The molecule has 0 atom stereocenters. The average molecular weight is 256 g/mol. The lowest BCUT2D eigenvalue weighted by Gasteiger charge is -2.08. The van der Waals surface area contributed by atoms with Gasteiger partial charge in [-0.3, -0.25) is 4.79 Å². The molecule has 1 aliphatic rings. The van der Waals surface area contributed by atoms with E-state index in [-0.39, 0.29) is 11.3 Å². The molecule has 3 heteroatoms. The Labute approximate surface area is 110 Å². The number of halogens is 1. The first-order valence-corrected chi connectivity index (χ1v) is 6.23. The summed E-state index contributed by atoms with van der Waals surface area (Å²) in [5.41, 5.74) is 2.03. The van der Waals surface area contributed by atoms with E-state index in [4.69, 9.17) is 4.74 Å². The molecule has 0 saturated carbocycles. The Kier molecular flexibility index (Phi) is 2.82. The number of benzene rings is 2. The summed E-state index contributed by atoms with van der Waals surface area (Å²) in [7, 11) is 0. The van der Waals surface area contributed by atoms with Gasteiger partial charge in [0.2, 0.25) is 0 Å². The van der Waals surface area contributed by atoms with Crippen LogP contribution in [-0.2, 0) is 6.42 Å². The van der Waals surface area contributed by atoms with Crippen LogP contribution in [0.4, 0.5) is 4.39 Å². The van der Waals surface area contributed by atoms with Crippen molar-refractivity contribution in [1.29, 1.82) is 0 Å². The molecule has 0 aromatic heterocycles. The van der Waals surface area contributed by atoms with E-state index in [2.05, 4.69) is 0 Å². The van der Waals surface area contributed by atoms with Gasteiger partial charge in [-0.05, 0) is 30.2 Å². The standard InChI is InChI=1S/C16H13FO2/c1-10-4-2-6-12(14(10)17)15(18)13-7-3-5-11-8-9-19-16(11)13/h2-7H,8-9H2,1H3. The number of fused-ring (bicyclic) bond motifs is 1. The number of hydrogen-bond acceptors (Lipinski definition) is 2. The van der Waals surface area contributed by atoms with E-state index in [1.807, 2.05) is 12.1 Å². The monoisotopic (exact) mass is 256 g/mol. The molecule has 3 rings (SSSR count). The van der Waals surface area contributed by atoms with Gasteiger partial charge in [0.25, 0.3) is 0 Å². The van der Waals surface area contributed by atoms with Crippen LogP contribution in [0.15, 0.2) is 36.4 Å². The van der Waals surface area contributed by atoms with E-state index in [0.717, 1.165) is 12.0 Å². The molecule has 2 aromatic carbocycles. The second-order valence-electron chi connectivity index (χ2n) is 4.66. The van der Waals surface area contributed by atoms with Crippen molar-refractivity contribution in [2.75, 3.05) is 6.61 Å². The molecule has 96 valence electrons. The topological polar surface area (TPSA) is 26.3 Å². The van der Waals surface area contributed by atoms with Gasteiger partial charge >= 0.3 is 0 Å². The fourth-order valence-corrected chi connectivity index (χ4v) is 2.36. The van der Waals surface area contributed by atoms with Crippen LogP contribution >= 0.6 is 0 Å². The van der Waals surface area contributed by atoms with Gasteiger partial charge in [-0.15, -0.1) is 0 Å². The van der Waals surface area contributed by atoms with Crippen LogP contribution in [0.2, 0.25) is 0 Å². The molecular weight excluding hydrogens is 243 g/mol. The number of aryl methyl sites for hydroxylation is 1. The first-order chi connectivity index (χ1) is 9.18. The molecule has 1 heterocycles. The maximum absolute atomic E-state index is 14.0. The lowest BCUT2D eigenvalue weighted by atomic mass is 9.98. The molecule has 0 amide bonds. The predicted octanol–water partition coefficient (Wildman–Crippen LogP) is 3.30. The summed E-state index contributed by atoms with van der Waals surface area (Å²) in [4.78, 5) is 12.5. The highest BCUT2D eigenvalue weighted by atomic mass is 19.1. The lowest BCUT2D eigenvalue weighted by molar-refractivity contribution is 0.103. The van der Waals surface area contributed by atoms with Crippen molar-refractivity contribution >= 4 is 5.78 Å². The first-order valence-electron chi connectivity index (χ1n) is 6.23. The van der Waals surface area contributed by atoms with Gasteiger partial charge in [0, 0.05) is 6.42 Å². The number of para-hydroxylation sites is 1. The molecule has 0 N–H and O–H groups in total. The minimum absolute atomic E-state index is 0.101. The normalized spacial score (nSPS) is 12.9. The SMILES string of the molecule is Cc1cccc(C(=O)c2cccc3c2OCC3)c1F. The van der Waals surface area contributed by atoms with Gasteiger partial charge in [0.1, 0.15) is 11.6 Å². The Morgan fingerprint density at radius 1 is 1.16 bits per heavy atom. The zero-order chi connectivity index (χ0) is 13.4. The molecule has 2 nitrogen and oxygen atoms in total. The van der Waals surface area contributed by atoms with Gasteiger partial charge in [-0.25, -0.2) is 4.39 Å². The van der Waals surface area contributed by atoms with Crippen molar-refractivity contribution in [3.05, 3.63) is 64.5 Å². The Morgan fingerprint density at radius 3 is 2.74 bits per heavy atom. The Bertz CT molecular complexity index is 662. The van der Waals surface area contributed by atoms with Gasteiger partial charge in [0.05, 0.1) is 17.7 Å². The van der Waals surface area contributed by atoms with Crippen molar-refractivity contribution < 1.29 is 13.9 Å². The molecule has 0 fully saturated rings. The number of hydrogen-bond donors (Lipinski definition) is 0. The second kappa shape index (κ2) is 4.50. The molecule has 2 aromatic rings. The molecule has 0 saturated heterocycles. The number of carbonyl (C=O) groups excluding carboxylic acids is 1. The summed E-state index contributed by atoms with van der Waals surface area (Å²) >= 11 is 0. The van der Waals surface area contributed by atoms with Crippen LogP contribution in [0.3, 0.4) is 0 Å². The third-order valence-electron chi connectivity index (χ3n) is 3.40. The van der Waals surface area contributed by atoms with Crippen LogP contribution < -0.4 is 4.74 Å². The molecule has 19 heavy (non-hydrogen) atoms. The highest BCUT2D eigenvalue weighted by Crippen LogP contribution is 2.31. The van der Waals surface area contributed by atoms with Crippen molar-refractivity contribution in [2.45, 2.75) is 13.3 Å². The largest absolute Gasteiger partial charge is 0.492 e. The molecule has 0 radical (unpaired) electrons. The first kappa shape index (κ1) is 11.9. The van der Waals surface area contributed by atoms with Crippen LogP contribution in [0.5, 0.6) is 5.75 Å². The zero-order valence-electron chi connectivity index (χ0n) is 10.6.